The van der Waals surface area contributed by atoms with Gasteiger partial charge in [0, 0.05) is 23.9 Å². The van der Waals surface area contributed by atoms with Gasteiger partial charge in [0.15, 0.2) is 5.82 Å². The molecule has 4 aliphatic heterocycles. The highest BCUT2D eigenvalue weighted by atomic mass is 31.3. The molecule has 1 aromatic rings. The Morgan fingerprint density at radius 3 is 2.37 bits per heavy atom. The highest BCUT2D eigenvalue weighted by Gasteiger charge is 2.57. The Kier molecular flexibility index (Phi) is 8.69. The third-order valence-corrected chi connectivity index (χ3v) is 11.1. The molecule has 19 nitrogen and oxygen atoms in total. The van der Waals surface area contributed by atoms with Crippen molar-refractivity contribution in [2.75, 3.05) is 18.9 Å². The summed E-state index contributed by atoms with van der Waals surface area (Å²) in [6, 6.07) is 0. The molecule has 2 saturated heterocycles. The summed E-state index contributed by atoms with van der Waals surface area (Å²) in [6.45, 7) is -0.233. The largest absolute Gasteiger partial charge is 0.481 e. The predicted molar refractivity (Wildman–Crippen MR) is 156 cm³/mol. The van der Waals surface area contributed by atoms with Crippen LogP contribution >= 0.6 is 15.6 Å². The van der Waals surface area contributed by atoms with Gasteiger partial charge in [0.25, 0.3) is 0 Å². The zero-order chi connectivity index (χ0) is 33.2. The highest BCUT2D eigenvalue weighted by molar-refractivity contribution is 7.61. The normalized spacial score (nSPS) is 38.9. The van der Waals surface area contributed by atoms with E-state index in [0.29, 0.717) is 16.8 Å². The molecular formula is C25H32N6O13P2. The van der Waals surface area contributed by atoms with Gasteiger partial charge in [-0.25, -0.2) is 24.1 Å². The predicted octanol–water partition coefficient (Wildman–Crippen LogP) is -1.16. The minimum Gasteiger partial charge on any atom is -0.388 e. The SMILES string of the molecule is C[C@]1(C2C=Nc3c(N)ncnc32)O[C@@H](COP(=O)(O)OP(=O)(O)OC[C@H]2O[C@@H](C3C=NC(N)=C4C=CC=C43)[C@@H](O)C2O)C(O)[C@H]1O. The number of aliphatic hydroxyl groups excluding tert-OH is 4. The van der Waals surface area contributed by atoms with Crippen LogP contribution in [-0.4, -0.2) is 114 Å². The van der Waals surface area contributed by atoms with E-state index in [1.165, 1.54) is 25.7 Å². The zero-order valence-electron chi connectivity index (χ0n) is 24.0. The van der Waals surface area contributed by atoms with E-state index in [4.69, 9.17) is 30.0 Å². The molecule has 5 heterocycles. The molecule has 6 unspecified atom stereocenters. The lowest BCUT2D eigenvalue weighted by molar-refractivity contribution is -0.0842. The van der Waals surface area contributed by atoms with Gasteiger partial charge >= 0.3 is 15.6 Å². The van der Waals surface area contributed by atoms with E-state index in [9.17, 15) is 39.3 Å². The molecule has 0 saturated carbocycles. The Labute approximate surface area is 260 Å². The first kappa shape index (κ1) is 33.2. The highest BCUT2D eigenvalue weighted by Crippen LogP contribution is 2.61. The second kappa shape index (κ2) is 12.1. The molecule has 250 valence electrons. The summed E-state index contributed by atoms with van der Waals surface area (Å²) < 4.78 is 50.7. The molecule has 0 bridgehead atoms. The average Bonchev–Trinajstić information content (AvgIpc) is 3.76. The monoisotopic (exact) mass is 686 g/mol. The van der Waals surface area contributed by atoms with Gasteiger partial charge in [-0.2, -0.15) is 4.31 Å². The van der Waals surface area contributed by atoms with E-state index < -0.39 is 89.0 Å². The molecule has 12 atom stereocenters. The van der Waals surface area contributed by atoms with Crippen LogP contribution in [0.1, 0.15) is 18.5 Å². The van der Waals surface area contributed by atoms with Crippen molar-refractivity contribution in [3.05, 3.63) is 47.2 Å². The average molecular weight is 687 g/mol. The van der Waals surface area contributed by atoms with Gasteiger partial charge < -0.3 is 51.2 Å². The van der Waals surface area contributed by atoms with Crippen molar-refractivity contribution in [2.45, 2.75) is 61.2 Å². The Morgan fingerprint density at radius 1 is 0.957 bits per heavy atom. The van der Waals surface area contributed by atoms with Crippen molar-refractivity contribution in [1.82, 2.24) is 9.97 Å². The third-order valence-electron chi connectivity index (χ3n) is 8.46. The summed E-state index contributed by atoms with van der Waals surface area (Å²) >= 11 is 0. The summed E-state index contributed by atoms with van der Waals surface area (Å²) in [5.74, 6) is -1.03. The van der Waals surface area contributed by atoms with Crippen LogP contribution in [0.2, 0.25) is 0 Å². The number of aromatic nitrogens is 2. The first-order valence-electron chi connectivity index (χ1n) is 13.9. The lowest BCUT2D eigenvalue weighted by atomic mass is 9.82. The Bertz CT molecular complexity index is 1650. The zero-order valence-corrected chi connectivity index (χ0v) is 25.7. The van der Waals surface area contributed by atoms with Crippen molar-refractivity contribution in [2.24, 2.45) is 21.6 Å². The molecule has 0 amide bonds. The van der Waals surface area contributed by atoms with Crippen LogP contribution in [0.15, 0.2) is 51.5 Å². The van der Waals surface area contributed by atoms with E-state index in [1.54, 1.807) is 18.2 Å². The standard InChI is InChI=1S/C25H32N6O13P2/c1-25(13-6-28-17-16(13)30-9-31-24(17)27)22(35)19(33)15(43-25)8-41-46(38,39)44-45(36,37)40-7-14-18(32)20(34)21(42-14)12-5-29-23(26)11-4-2-3-10(11)12/h2-6,9,12-15,18-22,32-35H,7-8,26H2,1H3,(H,36,37)(H,38,39)(H2,27,30,31)/t12?,13?,14-,15+,18?,19?,20+,21+,22-,25-/m1/s1. The number of aliphatic imine (C=N–C) groups is 2. The molecule has 6 rings (SSSR count). The topological polar surface area (TPSA) is 304 Å². The second-order valence-corrected chi connectivity index (χ2v) is 14.4. The van der Waals surface area contributed by atoms with E-state index >= 15 is 0 Å². The molecule has 0 aromatic carbocycles. The van der Waals surface area contributed by atoms with Crippen LogP contribution in [0.3, 0.4) is 0 Å². The van der Waals surface area contributed by atoms with E-state index in [-0.39, 0.29) is 17.3 Å². The number of phosphoric acid groups is 2. The number of ether oxygens (including phenoxy) is 2. The lowest BCUT2D eigenvalue weighted by Gasteiger charge is -2.32. The maximum Gasteiger partial charge on any atom is 0.481 e. The molecule has 1 aromatic heterocycles. The number of allylic oxidation sites excluding steroid dienone is 4. The number of anilines is 1. The van der Waals surface area contributed by atoms with Crippen molar-refractivity contribution >= 4 is 39.6 Å². The summed E-state index contributed by atoms with van der Waals surface area (Å²) in [5.41, 5.74) is 12.1. The van der Waals surface area contributed by atoms with Crippen LogP contribution < -0.4 is 11.5 Å². The van der Waals surface area contributed by atoms with Gasteiger partial charge in [-0.1, -0.05) is 18.2 Å². The van der Waals surface area contributed by atoms with E-state index in [2.05, 4.69) is 24.3 Å². The fourth-order valence-corrected chi connectivity index (χ4v) is 8.15. The number of rotatable bonds is 10. The van der Waals surface area contributed by atoms with E-state index in [0.717, 1.165) is 0 Å². The second-order valence-electron chi connectivity index (χ2n) is 11.3. The summed E-state index contributed by atoms with van der Waals surface area (Å²) in [5, 5.41) is 42.6. The quantitative estimate of drug-likeness (QED) is 0.135. The Hall–Kier alpha value is -2.74. The molecule has 2 fully saturated rings. The van der Waals surface area contributed by atoms with Crippen LogP contribution in [0, 0.1) is 5.92 Å². The summed E-state index contributed by atoms with van der Waals surface area (Å²) in [4.78, 5) is 36.6. The number of hydrogen-bond donors (Lipinski definition) is 8. The van der Waals surface area contributed by atoms with Crippen LogP contribution in [0.5, 0.6) is 0 Å². The van der Waals surface area contributed by atoms with Gasteiger partial charge in [0.2, 0.25) is 0 Å². The first-order chi connectivity index (χ1) is 21.6. The molecular weight excluding hydrogens is 654 g/mol. The van der Waals surface area contributed by atoms with Gasteiger partial charge in [-0.15, -0.1) is 0 Å². The van der Waals surface area contributed by atoms with Gasteiger partial charge in [0.05, 0.1) is 30.9 Å². The minimum absolute atomic E-state index is 0.0962. The molecule has 5 aliphatic rings. The molecule has 0 spiro atoms. The number of nitrogen functional groups attached to an aromatic ring is 1. The van der Waals surface area contributed by atoms with Gasteiger partial charge in [-0.05, 0) is 12.5 Å². The maximum atomic E-state index is 12.6. The fourth-order valence-electron chi connectivity index (χ4n) is 6.06. The number of phosphoric ester groups is 2. The van der Waals surface area contributed by atoms with Crippen molar-refractivity contribution < 1.29 is 62.2 Å². The molecule has 46 heavy (non-hydrogen) atoms. The molecule has 10 N–H and O–H groups in total. The number of hydrogen-bond acceptors (Lipinski definition) is 17. The van der Waals surface area contributed by atoms with E-state index in [1.807, 2.05) is 0 Å². The number of fused-ring (bicyclic) bond motifs is 2. The smallest absolute Gasteiger partial charge is 0.388 e. The van der Waals surface area contributed by atoms with Crippen molar-refractivity contribution in [3.63, 3.8) is 0 Å². The Balaban J connectivity index is 1.03. The van der Waals surface area contributed by atoms with Crippen LogP contribution in [0.25, 0.3) is 0 Å². The van der Waals surface area contributed by atoms with Crippen LogP contribution in [0.4, 0.5) is 11.5 Å². The maximum absolute atomic E-state index is 12.6. The Morgan fingerprint density at radius 2 is 1.65 bits per heavy atom. The number of aliphatic hydroxyl groups is 4. The number of nitrogens with two attached hydrogens (primary N) is 2. The molecule has 21 heteroatoms. The fraction of sp³-hybridized carbons (Fsp3) is 0.520. The third kappa shape index (κ3) is 5.92. The summed E-state index contributed by atoms with van der Waals surface area (Å²) in [6.07, 6.45) is -0.687. The summed E-state index contributed by atoms with van der Waals surface area (Å²) in [7, 11) is -10.7. The van der Waals surface area contributed by atoms with Crippen molar-refractivity contribution in [1.29, 1.82) is 0 Å². The number of nitrogens with zero attached hydrogens (tertiary/aromatic N) is 4. The van der Waals surface area contributed by atoms with Gasteiger partial charge in [-0.3, -0.25) is 14.0 Å². The van der Waals surface area contributed by atoms with Crippen LogP contribution in [-0.2, 0) is 32.0 Å². The van der Waals surface area contributed by atoms with Crippen molar-refractivity contribution in [3.8, 4) is 0 Å². The lowest BCUT2D eigenvalue weighted by Crippen LogP contribution is -2.45. The first-order valence-corrected chi connectivity index (χ1v) is 16.9. The molecule has 1 aliphatic carbocycles. The minimum atomic E-state index is -5.36. The van der Waals surface area contributed by atoms with Gasteiger partial charge in [0.1, 0.15) is 60.1 Å². The molecule has 0 radical (unpaired) electrons.